The molecular formula is C16H22ClF2N3O3. The minimum absolute atomic E-state index is 0.0207. The number of amides is 1. The van der Waals surface area contributed by atoms with Gasteiger partial charge in [-0.25, -0.2) is 13.8 Å². The average Bonchev–Trinajstić information content (AvgIpc) is 2.53. The van der Waals surface area contributed by atoms with Crippen LogP contribution in [0.4, 0.5) is 14.5 Å². The van der Waals surface area contributed by atoms with Gasteiger partial charge in [0.25, 0.3) is 5.91 Å². The Kier molecular flexibility index (Phi) is 6.53. The lowest BCUT2D eigenvalue weighted by Crippen LogP contribution is -2.42. The summed E-state index contributed by atoms with van der Waals surface area (Å²) in [4.78, 5) is 16.2. The summed E-state index contributed by atoms with van der Waals surface area (Å²) in [5.74, 6) is -0.596. The van der Waals surface area contributed by atoms with Gasteiger partial charge in [-0.3, -0.25) is 4.79 Å². The summed E-state index contributed by atoms with van der Waals surface area (Å²) < 4.78 is 32.8. The number of hydrogen-bond donors (Lipinski definition) is 3. The van der Waals surface area contributed by atoms with E-state index in [1.807, 2.05) is 0 Å². The molecule has 0 spiro atoms. The van der Waals surface area contributed by atoms with Gasteiger partial charge >= 0.3 is 0 Å². The van der Waals surface area contributed by atoms with Gasteiger partial charge < -0.3 is 20.5 Å². The molecule has 25 heavy (non-hydrogen) atoms. The topological polar surface area (TPSA) is 83.5 Å². The number of carbonyl (C=O) groups is 1. The molecule has 0 aliphatic carbocycles. The molecule has 0 bridgehead atoms. The number of aliphatic hydroxyl groups is 1. The van der Waals surface area contributed by atoms with Crippen LogP contribution in [0.3, 0.4) is 0 Å². The van der Waals surface area contributed by atoms with Gasteiger partial charge in [-0.1, -0.05) is 11.6 Å². The molecule has 0 radical (unpaired) electrons. The fraction of sp³-hybridized carbons (Fsp3) is 0.625. The van der Waals surface area contributed by atoms with Gasteiger partial charge in [0.2, 0.25) is 0 Å². The highest BCUT2D eigenvalue weighted by atomic mass is 35.5. The maximum absolute atomic E-state index is 13.9. The predicted molar refractivity (Wildman–Crippen MR) is 90.5 cm³/mol. The molecule has 0 aromatic carbocycles. The van der Waals surface area contributed by atoms with Gasteiger partial charge in [0, 0.05) is 12.8 Å². The van der Waals surface area contributed by atoms with E-state index in [2.05, 4.69) is 15.6 Å². The van der Waals surface area contributed by atoms with Crippen molar-refractivity contribution in [2.45, 2.75) is 44.3 Å². The molecule has 1 aromatic heterocycles. The normalized spacial score (nSPS) is 22.3. The molecule has 2 heterocycles. The van der Waals surface area contributed by atoms with E-state index in [0.29, 0.717) is 18.7 Å². The van der Waals surface area contributed by atoms with Crippen LogP contribution >= 0.6 is 11.6 Å². The molecule has 1 aliphatic heterocycles. The van der Waals surface area contributed by atoms with Crippen molar-refractivity contribution in [2.75, 3.05) is 25.1 Å². The maximum atomic E-state index is 13.9. The van der Waals surface area contributed by atoms with Crippen molar-refractivity contribution in [3.05, 3.63) is 23.0 Å². The first-order chi connectivity index (χ1) is 11.7. The van der Waals surface area contributed by atoms with Gasteiger partial charge in [0.1, 0.15) is 17.5 Å². The summed E-state index contributed by atoms with van der Waals surface area (Å²) in [6.45, 7) is 2.65. The minimum Gasteiger partial charge on any atom is -0.387 e. The Hall–Kier alpha value is -1.51. The third-order valence-electron chi connectivity index (χ3n) is 3.95. The highest BCUT2D eigenvalue weighted by Crippen LogP contribution is 2.23. The van der Waals surface area contributed by atoms with Crippen LogP contribution < -0.4 is 10.6 Å². The quantitative estimate of drug-likeness (QED) is 0.661. The van der Waals surface area contributed by atoms with Gasteiger partial charge in [-0.15, -0.1) is 0 Å². The number of pyridine rings is 1. The smallest absolute Gasteiger partial charge is 0.255 e. The monoisotopic (exact) mass is 377 g/mol. The van der Waals surface area contributed by atoms with Crippen molar-refractivity contribution in [3.8, 4) is 0 Å². The zero-order chi connectivity index (χ0) is 18.6. The van der Waals surface area contributed by atoms with E-state index in [9.17, 15) is 18.7 Å². The first-order valence-electron chi connectivity index (χ1n) is 7.97. The molecule has 3 unspecified atom stereocenters. The number of alkyl halides is 2. The fourth-order valence-electron chi connectivity index (χ4n) is 2.32. The van der Waals surface area contributed by atoms with Crippen LogP contribution in [-0.2, 0) is 4.74 Å². The molecule has 1 fully saturated rings. The van der Waals surface area contributed by atoms with Crippen LogP contribution in [-0.4, -0.2) is 59.7 Å². The first kappa shape index (κ1) is 19.8. The highest BCUT2D eigenvalue weighted by Gasteiger charge is 2.29. The highest BCUT2D eigenvalue weighted by molar-refractivity contribution is 6.29. The SMILES string of the molecule is CC(C)(O)C(F)CNC(=O)c1cnc(Cl)cc1NC1CCOCC1F. The molecule has 1 amide bonds. The summed E-state index contributed by atoms with van der Waals surface area (Å²) in [5, 5.41) is 15.1. The van der Waals surface area contributed by atoms with Crippen LogP contribution in [0.1, 0.15) is 30.6 Å². The predicted octanol–water partition coefficient (Wildman–Crippen LogP) is 2.11. The van der Waals surface area contributed by atoms with E-state index in [0.717, 1.165) is 0 Å². The Labute approximate surface area is 149 Å². The van der Waals surface area contributed by atoms with Gasteiger partial charge in [0.05, 0.1) is 36.0 Å². The van der Waals surface area contributed by atoms with Gasteiger partial charge in [-0.05, 0) is 26.3 Å². The molecule has 140 valence electrons. The number of ether oxygens (including phenoxy) is 1. The van der Waals surface area contributed by atoms with Crippen LogP contribution in [0.5, 0.6) is 0 Å². The summed E-state index contributed by atoms with van der Waals surface area (Å²) in [6.07, 6.45) is -1.18. The third-order valence-corrected chi connectivity index (χ3v) is 4.16. The lowest BCUT2D eigenvalue weighted by atomic mass is 10.0. The third kappa shape index (κ3) is 5.49. The molecule has 3 atom stereocenters. The number of halogens is 3. The van der Waals surface area contributed by atoms with Crippen molar-refractivity contribution >= 4 is 23.2 Å². The second kappa shape index (κ2) is 8.25. The number of hydrogen-bond acceptors (Lipinski definition) is 5. The first-order valence-corrected chi connectivity index (χ1v) is 8.35. The van der Waals surface area contributed by atoms with E-state index < -0.39 is 29.9 Å². The van der Waals surface area contributed by atoms with Crippen LogP contribution in [0.25, 0.3) is 0 Å². The van der Waals surface area contributed by atoms with Crippen LogP contribution in [0.15, 0.2) is 12.3 Å². The fourth-order valence-corrected chi connectivity index (χ4v) is 2.48. The minimum atomic E-state index is -1.64. The lowest BCUT2D eigenvalue weighted by Gasteiger charge is -2.28. The van der Waals surface area contributed by atoms with E-state index in [4.69, 9.17) is 16.3 Å². The van der Waals surface area contributed by atoms with E-state index in [1.165, 1.54) is 26.1 Å². The second-order valence-electron chi connectivity index (χ2n) is 6.51. The Balaban J connectivity index is 2.10. The molecule has 1 aliphatic rings. The number of carbonyl (C=O) groups excluding carboxylic acids is 1. The standard InChI is InChI=1S/C16H22ClF2N3O3/c1-16(2,24)13(19)7-21-15(23)9-6-20-14(17)5-12(9)22-11-3-4-25-8-10(11)18/h5-6,10-11,13,24H,3-4,7-8H2,1-2H3,(H,20,22)(H,21,23). The molecule has 0 saturated carbocycles. The van der Waals surface area contributed by atoms with Crippen molar-refractivity contribution in [3.63, 3.8) is 0 Å². The number of anilines is 1. The zero-order valence-electron chi connectivity index (χ0n) is 14.1. The van der Waals surface area contributed by atoms with E-state index >= 15 is 0 Å². The maximum Gasteiger partial charge on any atom is 0.255 e. The Morgan fingerprint density at radius 1 is 1.60 bits per heavy atom. The molecular weight excluding hydrogens is 356 g/mol. The average molecular weight is 378 g/mol. The summed E-state index contributed by atoms with van der Waals surface area (Å²) in [6, 6.07) is 0.894. The second-order valence-corrected chi connectivity index (χ2v) is 6.90. The van der Waals surface area contributed by atoms with Crippen molar-refractivity contribution in [2.24, 2.45) is 0 Å². The molecule has 1 aromatic rings. The Bertz CT molecular complexity index is 613. The number of nitrogens with one attached hydrogen (secondary N) is 2. The van der Waals surface area contributed by atoms with E-state index in [1.54, 1.807) is 0 Å². The van der Waals surface area contributed by atoms with Gasteiger partial charge in [-0.2, -0.15) is 0 Å². The number of nitrogens with zero attached hydrogens (tertiary/aromatic N) is 1. The molecule has 2 rings (SSSR count). The molecule has 1 saturated heterocycles. The summed E-state index contributed by atoms with van der Waals surface area (Å²) in [7, 11) is 0. The molecule has 3 N–H and O–H groups in total. The number of aromatic nitrogens is 1. The Morgan fingerprint density at radius 2 is 2.32 bits per heavy atom. The summed E-state index contributed by atoms with van der Waals surface area (Å²) >= 11 is 5.87. The van der Waals surface area contributed by atoms with Crippen molar-refractivity contribution in [1.82, 2.24) is 10.3 Å². The largest absolute Gasteiger partial charge is 0.387 e. The Morgan fingerprint density at radius 3 is 2.96 bits per heavy atom. The lowest BCUT2D eigenvalue weighted by molar-refractivity contribution is -0.00177. The van der Waals surface area contributed by atoms with Gasteiger partial charge in [0.15, 0.2) is 0 Å². The number of rotatable bonds is 6. The van der Waals surface area contributed by atoms with Crippen molar-refractivity contribution in [1.29, 1.82) is 0 Å². The van der Waals surface area contributed by atoms with Crippen LogP contribution in [0, 0.1) is 0 Å². The molecule has 9 heteroatoms. The zero-order valence-corrected chi connectivity index (χ0v) is 14.8. The molecule has 6 nitrogen and oxygen atoms in total. The van der Waals surface area contributed by atoms with E-state index in [-0.39, 0.29) is 23.9 Å². The summed E-state index contributed by atoms with van der Waals surface area (Å²) in [5.41, 5.74) is -1.15. The van der Waals surface area contributed by atoms with Crippen molar-refractivity contribution < 1.29 is 23.4 Å². The van der Waals surface area contributed by atoms with Crippen LogP contribution in [0.2, 0.25) is 5.15 Å².